The van der Waals surface area contributed by atoms with Crippen molar-refractivity contribution in [1.29, 1.82) is 0 Å². The normalized spacial score (nSPS) is 20.5. The Morgan fingerprint density at radius 1 is 1.60 bits per heavy atom. The van der Waals surface area contributed by atoms with Gasteiger partial charge in [0.15, 0.2) is 0 Å². The summed E-state index contributed by atoms with van der Waals surface area (Å²) in [6.07, 6.45) is 2.39. The van der Waals surface area contributed by atoms with Crippen LogP contribution in [0.2, 0.25) is 0 Å². The van der Waals surface area contributed by atoms with Gasteiger partial charge in [0.2, 0.25) is 0 Å². The molecule has 1 unspecified atom stereocenters. The van der Waals surface area contributed by atoms with Gasteiger partial charge in [-0.05, 0) is 12.8 Å². The molecule has 0 amide bonds. The van der Waals surface area contributed by atoms with Gasteiger partial charge in [-0.25, -0.2) is 0 Å². The molecule has 0 aliphatic carbocycles. The molecular weight excluding hydrogens is 260 g/mol. The van der Waals surface area contributed by atoms with E-state index in [2.05, 4.69) is 29.8 Å². The SMILES string of the molecule is CCC(Br)CCC(=O)OCC1(C)COC1. The van der Waals surface area contributed by atoms with Crippen LogP contribution in [-0.4, -0.2) is 30.6 Å². The van der Waals surface area contributed by atoms with E-state index in [9.17, 15) is 4.79 Å². The van der Waals surface area contributed by atoms with Gasteiger partial charge in [-0.1, -0.05) is 29.8 Å². The lowest BCUT2D eigenvalue weighted by Gasteiger charge is -2.37. The number of hydrogen-bond donors (Lipinski definition) is 0. The average Bonchev–Trinajstić information content (AvgIpc) is 2.20. The molecule has 88 valence electrons. The first-order valence-electron chi connectivity index (χ1n) is 5.43. The molecule has 0 radical (unpaired) electrons. The standard InChI is InChI=1S/C11H19BrO3/c1-3-9(12)4-5-10(13)15-8-11(2)6-14-7-11/h9H,3-8H2,1-2H3. The van der Waals surface area contributed by atoms with Gasteiger partial charge >= 0.3 is 5.97 Å². The number of esters is 1. The van der Waals surface area contributed by atoms with Crippen molar-refractivity contribution in [1.82, 2.24) is 0 Å². The van der Waals surface area contributed by atoms with Gasteiger partial charge < -0.3 is 9.47 Å². The Kier molecular flexibility index (Phi) is 5.06. The summed E-state index contributed by atoms with van der Waals surface area (Å²) in [6.45, 7) is 6.07. The molecule has 3 nitrogen and oxygen atoms in total. The summed E-state index contributed by atoms with van der Waals surface area (Å²) in [4.78, 5) is 11.8. The number of alkyl halides is 1. The number of hydrogen-bond acceptors (Lipinski definition) is 3. The summed E-state index contributed by atoms with van der Waals surface area (Å²) in [5.41, 5.74) is 0.0637. The lowest BCUT2D eigenvalue weighted by Crippen LogP contribution is -2.44. The van der Waals surface area contributed by atoms with Crippen molar-refractivity contribution >= 4 is 21.9 Å². The van der Waals surface area contributed by atoms with E-state index in [0.29, 0.717) is 31.1 Å². The third-order valence-electron chi connectivity index (χ3n) is 2.59. The first kappa shape index (κ1) is 13.0. The molecule has 1 saturated heterocycles. The second-order valence-corrected chi connectivity index (χ2v) is 5.80. The Morgan fingerprint density at radius 3 is 2.73 bits per heavy atom. The molecule has 1 heterocycles. The topological polar surface area (TPSA) is 35.5 Å². The van der Waals surface area contributed by atoms with Crippen LogP contribution in [-0.2, 0) is 14.3 Å². The zero-order valence-corrected chi connectivity index (χ0v) is 11.0. The molecule has 1 fully saturated rings. The van der Waals surface area contributed by atoms with Gasteiger partial charge in [0.25, 0.3) is 0 Å². The molecule has 1 rings (SSSR count). The predicted octanol–water partition coefficient (Wildman–Crippen LogP) is 2.52. The van der Waals surface area contributed by atoms with Gasteiger partial charge in [-0.15, -0.1) is 0 Å². The summed E-state index contributed by atoms with van der Waals surface area (Å²) in [5.74, 6) is -0.0963. The van der Waals surface area contributed by atoms with Crippen molar-refractivity contribution in [3.05, 3.63) is 0 Å². The van der Waals surface area contributed by atoms with Crippen LogP contribution < -0.4 is 0 Å². The Morgan fingerprint density at radius 2 is 2.27 bits per heavy atom. The number of halogens is 1. The average molecular weight is 279 g/mol. The second-order valence-electron chi connectivity index (χ2n) is 4.51. The van der Waals surface area contributed by atoms with Crippen LogP contribution in [0.3, 0.4) is 0 Å². The van der Waals surface area contributed by atoms with Crippen molar-refractivity contribution in [2.24, 2.45) is 5.41 Å². The molecule has 0 bridgehead atoms. The van der Waals surface area contributed by atoms with E-state index in [-0.39, 0.29) is 11.4 Å². The molecule has 15 heavy (non-hydrogen) atoms. The fourth-order valence-corrected chi connectivity index (χ4v) is 1.57. The highest BCUT2D eigenvalue weighted by molar-refractivity contribution is 9.09. The van der Waals surface area contributed by atoms with Crippen molar-refractivity contribution in [3.63, 3.8) is 0 Å². The fourth-order valence-electron chi connectivity index (χ4n) is 1.34. The predicted molar refractivity (Wildman–Crippen MR) is 62.1 cm³/mol. The van der Waals surface area contributed by atoms with E-state index in [4.69, 9.17) is 9.47 Å². The van der Waals surface area contributed by atoms with E-state index in [1.54, 1.807) is 0 Å². The first-order valence-corrected chi connectivity index (χ1v) is 6.35. The molecule has 1 atom stereocenters. The third kappa shape index (κ3) is 4.51. The van der Waals surface area contributed by atoms with E-state index >= 15 is 0 Å². The van der Waals surface area contributed by atoms with E-state index < -0.39 is 0 Å². The first-order chi connectivity index (χ1) is 7.06. The molecular formula is C11H19BrO3. The molecule has 4 heteroatoms. The van der Waals surface area contributed by atoms with Crippen molar-refractivity contribution in [3.8, 4) is 0 Å². The molecule has 1 aliphatic heterocycles. The highest BCUT2D eigenvalue weighted by atomic mass is 79.9. The number of rotatable bonds is 6. The monoisotopic (exact) mass is 278 g/mol. The van der Waals surface area contributed by atoms with Crippen LogP contribution >= 0.6 is 15.9 Å². The Hall–Kier alpha value is -0.0900. The molecule has 0 aromatic rings. The van der Waals surface area contributed by atoms with Crippen LogP contribution in [0.15, 0.2) is 0 Å². The van der Waals surface area contributed by atoms with E-state index in [0.717, 1.165) is 12.8 Å². The maximum atomic E-state index is 11.4. The summed E-state index contributed by atoms with van der Waals surface area (Å²) in [6, 6.07) is 0. The van der Waals surface area contributed by atoms with Crippen molar-refractivity contribution < 1.29 is 14.3 Å². The number of carbonyl (C=O) groups excluding carboxylic acids is 1. The highest BCUT2D eigenvalue weighted by Gasteiger charge is 2.34. The lowest BCUT2D eigenvalue weighted by atomic mass is 9.90. The minimum Gasteiger partial charge on any atom is -0.465 e. The van der Waals surface area contributed by atoms with Crippen LogP contribution in [0.25, 0.3) is 0 Å². The molecule has 1 aliphatic rings. The number of carbonyl (C=O) groups is 1. The zero-order chi connectivity index (χ0) is 11.3. The van der Waals surface area contributed by atoms with Crippen molar-refractivity contribution in [2.45, 2.75) is 37.9 Å². The quantitative estimate of drug-likeness (QED) is 0.553. The van der Waals surface area contributed by atoms with Gasteiger partial charge in [-0.3, -0.25) is 4.79 Å². The summed E-state index contributed by atoms with van der Waals surface area (Å²) in [5, 5.41) is 0. The Bertz CT molecular complexity index is 214. The Balaban J connectivity index is 2.08. The molecule has 0 aromatic carbocycles. The smallest absolute Gasteiger partial charge is 0.305 e. The third-order valence-corrected chi connectivity index (χ3v) is 3.69. The van der Waals surface area contributed by atoms with E-state index in [1.807, 2.05) is 0 Å². The van der Waals surface area contributed by atoms with Gasteiger partial charge in [0.05, 0.1) is 13.2 Å². The van der Waals surface area contributed by atoms with Crippen LogP contribution in [0, 0.1) is 5.41 Å². The van der Waals surface area contributed by atoms with Crippen LogP contribution in [0.4, 0.5) is 0 Å². The van der Waals surface area contributed by atoms with Crippen LogP contribution in [0.1, 0.15) is 33.1 Å². The lowest BCUT2D eigenvalue weighted by molar-refractivity contribution is -0.165. The molecule has 0 spiro atoms. The Labute approximate surface area is 99.6 Å². The number of ether oxygens (including phenoxy) is 2. The maximum absolute atomic E-state index is 11.4. The fraction of sp³-hybridized carbons (Fsp3) is 0.909. The zero-order valence-electron chi connectivity index (χ0n) is 9.42. The summed E-state index contributed by atoms with van der Waals surface area (Å²) >= 11 is 3.49. The summed E-state index contributed by atoms with van der Waals surface area (Å²) in [7, 11) is 0. The minimum atomic E-state index is -0.0963. The molecule has 0 aromatic heterocycles. The van der Waals surface area contributed by atoms with Gasteiger partial charge in [-0.2, -0.15) is 0 Å². The summed E-state index contributed by atoms with van der Waals surface area (Å²) < 4.78 is 10.3. The van der Waals surface area contributed by atoms with Crippen LogP contribution in [0.5, 0.6) is 0 Å². The molecule has 0 saturated carbocycles. The van der Waals surface area contributed by atoms with Gasteiger partial charge in [0.1, 0.15) is 6.61 Å². The minimum absolute atomic E-state index is 0.0637. The van der Waals surface area contributed by atoms with Gasteiger partial charge in [0, 0.05) is 16.7 Å². The van der Waals surface area contributed by atoms with E-state index in [1.165, 1.54) is 0 Å². The largest absolute Gasteiger partial charge is 0.465 e. The van der Waals surface area contributed by atoms with Crippen molar-refractivity contribution in [2.75, 3.05) is 19.8 Å². The maximum Gasteiger partial charge on any atom is 0.305 e. The second kappa shape index (κ2) is 5.85. The molecule has 0 N–H and O–H groups in total. The highest BCUT2D eigenvalue weighted by Crippen LogP contribution is 2.26.